The average molecular weight is 727 g/mol. The van der Waals surface area contributed by atoms with Crippen molar-refractivity contribution in [3.63, 3.8) is 0 Å². The van der Waals surface area contributed by atoms with E-state index in [4.69, 9.17) is 18.9 Å². The van der Waals surface area contributed by atoms with E-state index in [2.05, 4.69) is 26.0 Å². The molecule has 1 aliphatic heterocycles. The monoisotopic (exact) mass is 727 g/mol. The van der Waals surface area contributed by atoms with Crippen molar-refractivity contribution in [3.05, 3.63) is 24.3 Å². The fraction of sp³-hybridized carbons (Fsp3) is 0.854. The first-order valence-corrected chi connectivity index (χ1v) is 20.4. The third kappa shape index (κ3) is 24.9. The lowest BCUT2D eigenvalue weighted by atomic mass is 9.99. The molecule has 298 valence electrons. The fourth-order valence-electron chi connectivity index (χ4n) is 6.06. The Kier molecular flexibility index (Phi) is 30.4. The van der Waals surface area contributed by atoms with Crippen LogP contribution in [0, 0.1) is 0 Å². The van der Waals surface area contributed by atoms with Gasteiger partial charge in [-0.2, -0.15) is 0 Å². The van der Waals surface area contributed by atoms with Crippen LogP contribution in [0.5, 0.6) is 0 Å². The van der Waals surface area contributed by atoms with Crippen LogP contribution in [0.3, 0.4) is 0 Å². The minimum absolute atomic E-state index is 0.126. The standard InChI is InChI=1S/C41H74O10/c1-3-5-7-9-11-13-15-17-19-21-23-25-27-29-36(43)48-32-34(33-49-41-40(47)39(46)38(45)35(31-42)51-41)50-37(44)30-28-26-24-22-20-18-16-14-12-10-8-6-4-2/h18,20,24,26,34-35,38-42,45-47H,3-17,19,21-23,25,27-33H2,1-2H3/b20-18+,26-24+/t34?,35-,38+,39?,40?,41-/m0/s1. The molecular weight excluding hydrogens is 652 g/mol. The maximum Gasteiger partial charge on any atom is 0.306 e. The lowest BCUT2D eigenvalue weighted by molar-refractivity contribution is -0.305. The summed E-state index contributed by atoms with van der Waals surface area (Å²) >= 11 is 0. The Bertz CT molecular complexity index is 892. The number of esters is 2. The first kappa shape index (κ1) is 47.2. The highest BCUT2D eigenvalue weighted by Crippen LogP contribution is 2.22. The Morgan fingerprint density at radius 3 is 1.71 bits per heavy atom. The Morgan fingerprint density at radius 1 is 0.608 bits per heavy atom. The van der Waals surface area contributed by atoms with E-state index in [0.29, 0.717) is 6.42 Å². The zero-order chi connectivity index (χ0) is 37.4. The van der Waals surface area contributed by atoms with Gasteiger partial charge in [-0.05, 0) is 32.1 Å². The van der Waals surface area contributed by atoms with Crippen LogP contribution in [0.1, 0.15) is 168 Å². The lowest BCUT2D eigenvalue weighted by Crippen LogP contribution is -2.59. The molecule has 1 heterocycles. The number of hydrogen-bond donors (Lipinski definition) is 4. The molecular formula is C41H74O10. The number of rotatable bonds is 33. The molecule has 1 saturated heterocycles. The number of carbonyl (C=O) groups is 2. The summed E-state index contributed by atoms with van der Waals surface area (Å²) in [7, 11) is 0. The molecule has 1 aliphatic rings. The van der Waals surface area contributed by atoms with Crippen molar-refractivity contribution in [2.75, 3.05) is 19.8 Å². The van der Waals surface area contributed by atoms with E-state index in [1.165, 1.54) is 103 Å². The zero-order valence-corrected chi connectivity index (χ0v) is 32.1. The first-order chi connectivity index (χ1) is 24.8. The summed E-state index contributed by atoms with van der Waals surface area (Å²) in [6.45, 7) is 3.34. The molecule has 1 fully saturated rings. The van der Waals surface area contributed by atoms with Crippen molar-refractivity contribution in [2.45, 2.75) is 205 Å². The van der Waals surface area contributed by atoms with Crippen LogP contribution in [-0.4, -0.2) is 89.0 Å². The molecule has 1 rings (SSSR count). The van der Waals surface area contributed by atoms with Gasteiger partial charge in [0.25, 0.3) is 0 Å². The van der Waals surface area contributed by atoms with Gasteiger partial charge in [0, 0.05) is 12.8 Å². The molecule has 0 aromatic heterocycles. The maximum atomic E-state index is 12.7. The number of allylic oxidation sites excluding steroid dienone is 4. The Balaban J connectivity index is 2.41. The molecule has 0 aliphatic carbocycles. The van der Waals surface area contributed by atoms with Crippen molar-refractivity contribution in [1.29, 1.82) is 0 Å². The SMILES string of the molecule is CCCCCCCC/C=C/C/C=C/CCC(=O)OC(COC(=O)CCCCCCCCCCCCCCC)CO[C@H]1O[C@@H](CO)[C@@H](O)C(O)C1O. The lowest BCUT2D eigenvalue weighted by Gasteiger charge is -2.39. The maximum absolute atomic E-state index is 12.7. The molecule has 0 bridgehead atoms. The van der Waals surface area contributed by atoms with Gasteiger partial charge in [-0.25, -0.2) is 0 Å². The van der Waals surface area contributed by atoms with Crippen LogP contribution in [-0.2, 0) is 28.5 Å². The van der Waals surface area contributed by atoms with Gasteiger partial charge in [0.05, 0.1) is 13.2 Å². The fourth-order valence-corrected chi connectivity index (χ4v) is 6.06. The Hall–Kier alpha value is -1.82. The third-order valence-corrected chi connectivity index (χ3v) is 9.35. The van der Waals surface area contributed by atoms with Gasteiger partial charge in [-0.15, -0.1) is 0 Å². The summed E-state index contributed by atoms with van der Waals surface area (Å²) in [5.74, 6) is -0.882. The second kappa shape index (κ2) is 32.8. The molecule has 0 aromatic carbocycles. The molecule has 0 spiro atoms. The second-order valence-corrected chi connectivity index (χ2v) is 14.1. The van der Waals surface area contributed by atoms with E-state index < -0.39 is 49.4 Å². The van der Waals surface area contributed by atoms with E-state index >= 15 is 0 Å². The van der Waals surface area contributed by atoms with Crippen LogP contribution in [0.15, 0.2) is 24.3 Å². The van der Waals surface area contributed by atoms with Gasteiger partial charge in [-0.1, -0.05) is 147 Å². The smallest absolute Gasteiger partial charge is 0.306 e. The minimum atomic E-state index is -1.60. The summed E-state index contributed by atoms with van der Waals surface area (Å²) in [4.78, 5) is 25.2. The molecule has 6 atom stereocenters. The van der Waals surface area contributed by atoms with E-state index in [0.717, 1.165) is 32.1 Å². The number of hydrogen-bond acceptors (Lipinski definition) is 10. The van der Waals surface area contributed by atoms with E-state index in [-0.39, 0.29) is 32.0 Å². The summed E-state index contributed by atoms with van der Waals surface area (Å²) in [6, 6.07) is 0. The van der Waals surface area contributed by atoms with Crippen LogP contribution in [0.2, 0.25) is 0 Å². The van der Waals surface area contributed by atoms with Gasteiger partial charge in [0.1, 0.15) is 31.0 Å². The van der Waals surface area contributed by atoms with Crippen molar-refractivity contribution < 1.29 is 49.0 Å². The van der Waals surface area contributed by atoms with Gasteiger partial charge in [0.2, 0.25) is 0 Å². The second-order valence-electron chi connectivity index (χ2n) is 14.1. The van der Waals surface area contributed by atoms with Gasteiger partial charge >= 0.3 is 11.9 Å². The van der Waals surface area contributed by atoms with Crippen LogP contribution < -0.4 is 0 Å². The quantitative estimate of drug-likeness (QED) is 0.0300. The average Bonchev–Trinajstić information content (AvgIpc) is 3.13. The third-order valence-electron chi connectivity index (χ3n) is 9.35. The van der Waals surface area contributed by atoms with Crippen molar-refractivity contribution in [2.24, 2.45) is 0 Å². The Morgan fingerprint density at radius 2 is 1.14 bits per heavy atom. The molecule has 10 heteroatoms. The van der Waals surface area contributed by atoms with Crippen molar-refractivity contribution in [1.82, 2.24) is 0 Å². The van der Waals surface area contributed by atoms with Crippen LogP contribution in [0.25, 0.3) is 0 Å². The number of aliphatic hydroxyl groups excluding tert-OH is 4. The predicted molar refractivity (Wildman–Crippen MR) is 201 cm³/mol. The molecule has 0 saturated carbocycles. The number of aliphatic hydroxyl groups is 4. The number of ether oxygens (including phenoxy) is 4. The highest BCUT2D eigenvalue weighted by Gasteiger charge is 2.44. The van der Waals surface area contributed by atoms with Gasteiger partial charge in [0.15, 0.2) is 12.4 Å². The van der Waals surface area contributed by atoms with E-state index in [9.17, 15) is 30.0 Å². The van der Waals surface area contributed by atoms with Crippen molar-refractivity contribution >= 4 is 11.9 Å². The summed E-state index contributed by atoms with van der Waals surface area (Å²) in [6.07, 6.45) is 26.3. The highest BCUT2D eigenvalue weighted by atomic mass is 16.7. The molecule has 0 aromatic rings. The number of unbranched alkanes of at least 4 members (excludes halogenated alkanes) is 18. The largest absolute Gasteiger partial charge is 0.462 e. The van der Waals surface area contributed by atoms with E-state index in [1.807, 2.05) is 12.2 Å². The van der Waals surface area contributed by atoms with Gasteiger partial charge < -0.3 is 39.4 Å². The summed E-state index contributed by atoms with van der Waals surface area (Å²) in [5.41, 5.74) is 0. The summed E-state index contributed by atoms with van der Waals surface area (Å²) < 4.78 is 22.0. The molecule has 10 nitrogen and oxygen atoms in total. The zero-order valence-electron chi connectivity index (χ0n) is 32.1. The topological polar surface area (TPSA) is 152 Å². The first-order valence-electron chi connectivity index (χ1n) is 20.4. The van der Waals surface area contributed by atoms with Crippen LogP contribution in [0.4, 0.5) is 0 Å². The molecule has 51 heavy (non-hydrogen) atoms. The van der Waals surface area contributed by atoms with Crippen LogP contribution >= 0.6 is 0 Å². The van der Waals surface area contributed by atoms with Crippen molar-refractivity contribution in [3.8, 4) is 0 Å². The molecule has 0 radical (unpaired) electrons. The molecule has 3 unspecified atom stereocenters. The Labute approximate surface area is 309 Å². The van der Waals surface area contributed by atoms with Gasteiger partial charge in [-0.3, -0.25) is 9.59 Å². The molecule has 4 N–H and O–H groups in total. The summed E-state index contributed by atoms with van der Waals surface area (Å²) in [5, 5.41) is 39.9. The molecule has 0 amide bonds. The normalized spacial score (nSPS) is 21.4. The van der Waals surface area contributed by atoms with E-state index in [1.54, 1.807) is 0 Å². The number of carbonyl (C=O) groups excluding carboxylic acids is 2. The predicted octanol–water partition coefficient (Wildman–Crippen LogP) is 7.77. The minimum Gasteiger partial charge on any atom is -0.462 e. The highest BCUT2D eigenvalue weighted by molar-refractivity contribution is 5.70.